The van der Waals surface area contributed by atoms with Gasteiger partial charge in [-0.15, -0.1) is 0 Å². The van der Waals surface area contributed by atoms with Crippen molar-refractivity contribution in [3.63, 3.8) is 0 Å². The third-order valence-corrected chi connectivity index (χ3v) is 10.1. The number of methoxy groups -OCH3 is 1. The summed E-state index contributed by atoms with van der Waals surface area (Å²) in [7, 11) is -0.574. The monoisotopic (exact) mass is 346 g/mol. The van der Waals surface area contributed by atoms with Crippen molar-refractivity contribution in [2.45, 2.75) is 57.8 Å². The van der Waals surface area contributed by atoms with E-state index in [4.69, 9.17) is 9.16 Å². The molecule has 0 aliphatic heterocycles. The maximum atomic E-state index is 12.3. The highest BCUT2D eigenvalue weighted by molar-refractivity contribution is 6.74. The Morgan fingerprint density at radius 2 is 1.79 bits per heavy atom. The molecule has 1 aliphatic rings. The van der Waals surface area contributed by atoms with Crippen LogP contribution in [0.3, 0.4) is 0 Å². The number of hydrogen-bond acceptors (Lipinski definition) is 3. The van der Waals surface area contributed by atoms with Gasteiger partial charge in [0.25, 0.3) is 0 Å². The van der Waals surface area contributed by atoms with Gasteiger partial charge in [-0.1, -0.05) is 63.3 Å². The van der Waals surface area contributed by atoms with Gasteiger partial charge in [0, 0.05) is 0 Å². The molecule has 24 heavy (non-hydrogen) atoms. The summed E-state index contributed by atoms with van der Waals surface area (Å²) >= 11 is 0. The molecule has 0 bridgehead atoms. The first-order valence-corrected chi connectivity index (χ1v) is 11.4. The molecule has 0 saturated heterocycles. The van der Waals surface area contributed by atoms with Crippen LogP contribution >= 0.6 is 0 Å². The van der Waals surface area contributed by atoms with E-state index >= 15 is 0 Å². The average Bonchev–Trinajstić information content (AvgIpc) is 3.09. The molecule has 1 saturated carbocycles. The van der Waals surface area contributed by atoms with E-state index in [-0.39, 0.29) is 11.0 Å². The lowest BCUT2D eigenvalue weighted by molar-refractivity contribution is -0.148. The highest BCUT2D eigenvalue weighted by atomic mass is 28.4. The van der Waals surface area contributed by atoms with Crippen LogP contribution in [0.1, 0.15) is 39.7 Å². The molecule has 132 valence electrons. The molecule has 4 heteroatoms. The number of carbonyl (C=O) groups excluding carboxylic acids is 1. The van der Waals surface area contributed by atoms with Crippen molar-refractivity contribution in [3.8, 4) is 0 Å². The Morgan fingerprint density at radius 1 is 1.21 bits per heavy atom. The Labute approximate surface area is 147 Å². The number of hydrogen-bond donors (Lipinski definition) is 0. The lowest BCUT2D eigenvalue weighted by Crippen LogP contribution is -2.46. The van der Waals surface area contributed by atoms with Crippen LogP contribution in [-0.2, 0) is 14.0 Å². The molecule has 2 rings (SSSR count). The van der Waals surface area contributed by atoms with Gasteiger partial charge in [-0.25, -0.2) is 0 Å². The first-order chi connectivity index (χ1) is 11.0. The van der Waals surface area contributed by atoms with Crippen molar-refractivity contribution < 1.29 is 14.0 Å². The zero-order valence-corrected chi connectivity index (χ0v) is 17.0. The van der Waals surface area contributed by atoms with Crippen molar-refractivity contribution in [3.05, 3.63) is 42.0 Å². The molecule has 0 heterocycles. The van der Waals surface area contributed by atoms with Gasteiger partial charge in [-0.2, -0.15) is 0 Å². The second kappa shape index (κ2) is 6.16. The zero-order valence-electron chi connectivity index (χ0n) is 16.0. The molecule has 1 aromatic rings. The van der Waals surface area contributed by atoms with Crippen molar-refractivity contribution >= 4 is 20.4 Å². The lowest BCUT2D eigenvalue weighted by Gasteiger charge is -2.40. The van der Waals surface area contributed by atoms with E-state index in [1.807, 2.05) is 37.3 Å². The van der Waals surface area contributed by atoms with Crippen LogP contribution in [0.25, 0.3) is 6.08 Å². The van der Waals surface area contributed by atoms with Crippen LogP contribution < -0.4 is 0 Å². The Balaban J connectivity index is 2.35. The van der Waals surface area contributed by atoms with Crippen molar-refractivity contribution in [1.29, 1.82) is 0 Å². The first-order valence-electron chi connectivity index (χ1n) is 8.50. The molecule has 0 spiro atoms. The number of ether oxygens (including phenoxy) is 1. The minimum absolute atomic E-state index is 0.0835. The molecule has 1 fully saturated rings. The summed E-state index contributed by atoms with van der Waals surface area (Å²) in [6.07, 6.45) is 4.80. The normalized spacial score (nSPS) is 27.3. The van der Waals surface area contributed by atoms with Gasteiger partial charge in [0.2, 0.25) is 0 Å². The van der Waals surface area contributed by atoms with Gasteiger partial charge in [0.1, 0.15) is 0 Å². The number of esters is 1. The van der Waals surface area contributed by atoms with Crippen molar-refractivity contribution in [1.82, 2.24) is 0 Å². The van der Waals surface area contributed by atoms with E-state index in [9.17, 15) is 4.79 Å². The van der Waals surface area contributed by atoms with Crippen LogP contribution in [0, 0.1) is 5.41 Å². The van der Waals surface area contributed by atoms with Crippen LogP contribution in [0.2, 0.25) is 18.1 Å². The average molecular weight is 347 g/mol. The second-order valence-electron chi connectivity index (χ2n) is 8.50. The van der Waals surface area contributed by atoms with Crippen LogP contribution in [-0.4, -0.2) is 27.0 Å². The molecule has 0 unspecified atom stereocenters. The molecule has 3 nitrogen and oxygen atoms in total. The topological polar surface area (TPSA) is 35.5 Å². The van der Waals surface area contributed by atoms with Gasteiger partial charge < -0.3 is 9.16 Å². The fraction of sp³-hybridized carbons (Fsp3) is 0.550. The molecule has 0 amide bonds. The highest BCUT2D eigenvalue weighted by Gasteiger charge is 2.71. The molecule has 0 aromatic heterocycles. The second-order valence-corrected chi connectivity index (χ2v) is 13.2. The van der Waals surface area contributed by atoms with E-state index in [1.54, 1.807) is 0 Å². The summed E-state index contributed by atoms with van der Waals surface area (Å²) < 4.78 is 11.8. The molecule has 1 aromatic carbocycles. The van der Waals surface area contributed by atoms with E-state index in [1.165, 1.54) is 7.11 Å². The Morgan fingerprint density at radius 3 is 2.29 bits per heavy atom. The van der Waals surface area contributed by atoms with E-state index in [2.05, 4.69) is 46.0 Å². The van der Waals surface area contributed by atoms with Crippen LogP contribution in [0.5, 0.6) is 0 Å². The summed E-state index contributed by atoms with van der Waals surface area (Å²) in [5.74, 6) is -0.195. The fourth-order valence-corrected chi connectivity index (χ4v) is 4.36. The Bertz CT molecular complexity index is 630. The molecule has 0 N–H and O–H groups in total. The predicted molar refractivity (Wildman–Crippen MR) is 101 cm³/mol. The molecule has 0 radical (unpaired) electrons. The minimum Gasteiger partial charge on any atom is -0.469 e. The Kier molecular flexibility index (Phi) is 4.86. The lowest BCUT2D eigenvalue weighted by atomic mass is 10.0. The Hall–Kier alpha value is -1.39. The molecular weight excluding hydrogens is 316 g/mol. The summed E-state index contributed by atoms with van der Waals surface area (Å²) in [5, 5.41) is 0.0835. The summed E-state index contributed by atoms with van der Waals surface area (Å²) in [6.45, 7) is 13.0. The molecule has 1 aliphatic carbocycles. The van der Waals surface area contributed by atoms with Gasteiger partial charge >= 0.3 is 5.97 Å². The fourth-order valence-electron chi connectivity index (χ4n) is 2.78. The van der Waals surface area contributed by atoms with Crippen LogP contribution in [0.4, 0.5) is 0 Å². The zero-order chi connectivity index (χ0) is 18.2. The van der Waals surface area contributed by atoms with Crippen molar-refractivity contribution in [2.24, 2.45) is 5.41 Å². The first kappa shape index (κ1) is 18.9. The molecular formula is C20H30O3Si. The largest absolute Gasteiger partial charge is 0.469 e. The third-order valence-electron chi connectivity index (χ3n) is 5.65. The van der Waals surface area contributed by atoms with E-state index < -0.39 is 19.3 Å². The van der Waals surface area contributed by atoms with Gasteiger partial charge in [0.05, 0.1) is 18.1 Å². The van der Waals surface area contributed by atoms with Gasteiger partial charge in [-0.3, -0.25) is 4.79 Å². The quantitative estimate of drug-likeness (QED) is 0.553. The number of carbonyl (C=O) groups is 1. The summed E-state index contributed by atoms with van der Waals surface area (Å²) in [6, 6.07) is 10.1. The highest BCUT2D eigenvalue weighted by Crippen LogP contribution is 2.62. The van der Waals surface area contributed by atoms with Gasteiger partial charge in [-0.05, 0) is 37.0 Å². The molecule has 2 atom stereocenters. The summed E-state index contributed by atoms with van der Waals surface area (Å²) in [4.78, 5) is 12.3. The van der Waals surface area contributed by atoms with Gasteiger partial charge in [0.15, 0.2) is 8.32 Å². The minimum atomic E-state index is -2.02. The smallest absolute Gasteiger partial charge is 0.314 e. The predicted octanol–water partition coefficient (Wildman–Crippen LogP) is 5.04. The third kappa shape index (κ3) is 3.35. The maximum absolute atomic E-state index is 12.3. The summed E-state index contributed by atoms with van der Waals surface area (Å²) in [5.41, 5.74) is -0.0728. The standard InChI is InChI=1S/C20H30O3Si/c1-18(2,3)24(6,7)23-20(15-19(20,4)17(21)22-5)14-13-16-11-9-8-10-12-16/h8-14H,15H2,1-7H3/b14-13+/t19-,20+/m1/s1. The van der Waals surface area contributed by atoms with E-state index in [0.29, 0.717) is 6.42 Å². The number of benzene rings is 1. The number of rotatable bonds is 5. The van der Waals surface area contributed by atoms with E-state index in [0.717, 1.165) is 5.56 Å². The SMILES string of the molecule is COC(=O)[C@@]1(C)C[C@]1(/C=C/c1ccccc1)O[Si](C)(C)C(C)(C)C. The van der Waals surface area contributed by atoms with Crippen molar-refractivity contribution in [2.75, 3.05) is 7.11 Å². The maximum Gasteiger partial charge on any atom is 0.314 e. The van der Waals surface area contributed by atoms with Crippen LogP contribution in [0.15, 0.2) is 36.4 Å².